The van der Waals surface area contributed by atoms with Crippen molar-refractivity contribution in [1.82, 2.24) is 10.2 Å². The number of nitrogens with zero attached hydrogens (tertiary/aromatic N) is 3. The first-order chi connectivity index (χ1) is 11.0. The van der Waals surface area contributed by atoms with Crippen molar-refractivity contribution < 1.29 is 0 Å². The van der Waals surface area contributed by atoms with Gasteiger partial charge < -0.3 is 0 Å². The predicted molar refractivity (Wildman–Crippen MR) is 94.1 cm³/mol. The molecule has 0 spiro atoms. The van der Waals surface area contributed by atoms with Crippen LogP contribution in [0.25, 0.3) is 10.9 Å². The molecule has 23 heavy (non-hydrogen) atoms. The molecule has 3 heteroatoms. The zero-order valence-electron chi connectivity index (χ0n) is 13.7. The molecule has 0 radical (unpaired) electrons. The lowest BCUT2D eigenvalue weighted by atomic mass is 9.86. The van der Waals surface area contributed by atoms with Crippen LogP contribution in [0.2, 0.25) is 0 Å². The first kappa shape index (κ1) is 14.1. The predicted octanol–water partition coefficient (Wildman–Crippen LogP) is 4.11. The average molecular weight is 301 g/mol. The Balaban J connectivity index is 1.91. The molecule has 0 unspecified atom stereocenters. The van der Waals surface area contributed by atoms with Crippen molar-refractivity contribution in [3.63, 3.8) is 0 Å². The highest BCUT2D eigenvalue weighted by Crippen LogP contribution is 2.29. The third-order valence-electron chi connectivity index (χ3n) is 4.30. The van der Waals surface area contributed by atoms with Crippen LogP contribution in [0.15, 0.2) is 53.5 Å². The minimum atomic E-state index is -0.117. The van der Waals surface area contributed by atoms with E-state index in [1.165, 1.54) is 16.7 Å². The van der Waals surface area contributed by atoms with Gasteiger partial charge in [0.15, 0.2) is 0 Å². The topological polar surface area (TPSA) is 38.1 Å². The van der Waals surface area contributed by atoms with Crippen LogP contribution in [0.1, 0.15) is 36.2 Å². The molecular weight excluding hydrogens is 282 g/mol. The molecule has 0 N–H and O–H groups in total. The summed E-state index contributed by atoms with van der Waals surface area (Å²) in [7, 11) is 0. The van der Waals surface area contributed by atoms with Crippen molar-refractivity contribution in [3.8, 4) is 0 Å². The number of benzene rings is 2. The smallest absolute Gasteiger partial charge is 0.112 e. The molecule has 0 saturated carbocycles. The van der Waals surface area contributed by atoms with Crippen LogP contribution >= 0.6 is 0 Å². The maximum absolute atomic E-state index is 4.96. The first-order valence-electron chi connectivity index (χ1n) is 7.94. The van der Waals surface area contributed by atoms with Gasteiger partial charge in [0.2, 0.25) is 0 Å². The molecule has 3 nitrogen and oxygen atoms in total. The Hall–Kier alpha value is -2.55. The Morgan fingerprint density at radius 3 is 2.65 bits per heavy atom. The van der Waals surface area contributed by atoms with Crippen molar-refractivity contribution in [2.24, 2.45) is 4.99 Å². The van der Waals surface area contributed by atoms with Gasteiger partial charge in [0.1, 0.15) is 5.69 Å². The third kappa shape index (κ3) is 2.52. The monoisotopic (exact) mass is 301 g/mol. The highest BCUT2D eigenvalue weighted by atomic mass is 15.1. The van der Waals surface area contributed by atoms with Gasteiger partial charge in [0.05, 0.1) is 16.8 Å². The SMILES string of the molecule is Cc1ccc2cc(C3=NC(C)(C)Cc4ccccc43)nnc2c1. The quantitative estimate of drug-likeness (QED) is 0.678. The molecule has 1 aromatic heterocycles. The Bertz CT molecular complexity index is 939. The molecule has 3 aromatic rings. The number of aryl methyl sites for hydroxylation is 1. The maximum atomic E-state index is 4.96. The number of rotatable bonds is 1. The Labute approximate surface area is 136 Å². The lowest BCUT2D eigenvalue weighted by Gasteiger charge is -2.28. The summed E-state index contributed by atoms with van der Waals surface area (Å²) in [6.45, 7) is 6.40. The minimum Gasteiger partial charge on any atom is -0.276 e. The van der Waals surface area contributed by atoms with E-state index in [1.54, 1.807) is 0 Å². The van der Waals surface area contributed by atoms with Gasteiger partial charge in [-0.25, -0.2) is 0 Å². The van der Waals surface area contributed by atoms with E-state index in [9.17, 15) is 0 Å². The second kappa shape index (κ2) is 4.98. The third-order valence-corrected chi connectivity index (χ3v) is 4.30. The number of aliphatic imine (C=N–C) groups is 1. The molecule has 0 atom stereocenters. The first-order valence-corrected chi connectivity index (χ1v) is 7.94. The standard InChI is InChI=1S/C20H19N3/c1-13-8-9-14-11-18(23-22-17(14)10-13)19-16-7-5-4-6-15(16)12-20(2,3)21-19/h4-11H,12H2,1-3H3. The summed E-state index contributed by atoms with van der Waals surface area (Å²) in [5.41, 5.74) is 6.31. The fraction of sp³-hybridized carbons (Fsp3) is 0.250. The molecule has 0 saturated heterocycles. The molecule has 0 fully saturated rings. The van der Waals surface area contributed by atoms with Crippen LogP contribution in [0.4, 0.5) is 0 Å². The Kier molecular flexibility index (Phi) is 3.05. The lowest BCUT2D eigenvalue weighted by Crippen LogP contribution is -2.29. The number of aromatic nitrogens is 2. The van der Waals surface area contributed by atoms with Gasteiger partial charge in [-0.3, -0.25) is 4.99 Å². The highest BCUT2D eigenvalue weighted by Gasteiger charge is 2.27. The molecule has 2 aromatic carbocycles. The minimum absolute atomic E-state index is 0.117. The normalized spacial score (nSPS) is 16.0. The van der Waals surface area contributed by atoms with Crippen LogP contribution in [-0.2, 0) is 6.42 Å². The van der Waals surface area contributed by atoms with Crippen LogP contribution in [0.5, 0.6) is 0 Å². The van der Waals surface area contributed by atoms with Crippen molar-refractivity contribution in [3.05, 3.63) is 70.9 Å². The zero-order valence-corrected chi connectivity index (χ0v) is 13.7. The molecule has 2 heterocycles. The van der Waals surface area contributed by atoms with Crippen LogP contribution in [-0.4, -0.2) is 21.4 Å². The summed E-state index contributed by atoms with van der Waals surface area (Å²) in [4.78, 5) is 4.96. The van der Waals surface area contributed by atoms with E-state index < -0.39 is 0 Å². The van der Waals surface area contributed by atoms with Gasteiger partial charge in [0.25, 0.3) is 0 Å². The van der Waals surface area contributed by atoms with Gasteiger partial charge in [0, 0.05) is 10.9 Å². The molecule has 4 rings (SSSR count). The molecule has 0 aliphatic carbocycles. The fourth-order valence-corrected chi connectivity index (χ4v) is 3.23. The van der Waals surface area contributed by atoms with Gasteiger partial charge in [-0.05, 0) is 50.5 Å². The van der Waals surface area contributed by atoms with E-state index in [0.29, 0.717) is 0 Å². The summed E-state index contributed by atoms with van der Waals surface area (Å²) >= 11 is 0. The van der Waals surface area contributed by atoms with E-state index in [1.807, 2.05) is 0 Å². The maximum Gasteiger partial charge on any atom is 0.112 e. The van der Waals surface area contributed by atoms with E-state index in [2.05, 4.69) is 79.5 Å². The number of hydrogen-bond acceptors (Lipinski definition) is 3. The highest BCUT2D eigenvalue weighted by molar-refractivity contribution is 6.14. The van der Waals surface area contributed by atoms with Crippen LogP contribution < -0.4 is 0 Å². The second-order valence-electron chi connectivity index (χ2n) is 6.90. The zero-order chi connectivity index (χ0) is 16.0. The summed E-state index contributed by atoms with van der Waals surface area (Å²) < 4.78 is 0. The summed E-state index contributed by atoms with van der Waals surface area (Å²) in [6.07, 6.45) is 0.951. The van der Waals surface area contributed by atoms with Gasteiger partial charge >= 0.3 is 0 Å². The van der Waals surface area contributed by atoms with E-state index in [4.69, 9.17) is 4.99 Å². The molecule has 0 amide bonds. The van der Waals surface area contributed by atoms with Crippen molar-refractivity contribution in [2.45, 2.75) is 32.7 Å². The number of hydrogen-bond donors (Lipinski definition) is 0. The van der Waals surface area contributed by atoms with E-state index in [-0.39, 0.29) is 5.54 Å². The van der Waals surface area contributed by atoms with E-state index >= 15 is 0 Å². The second-order valence-corrected chi connectivity index (χ2v) is 6.90. The number of fused-ring (bicyclic) bond motifs is 2. The van der Waals surface area contributed by atoms with Gasteiger partial charge in [-0.2, -0.15) is 0 Å². The summed E-state index contributed by atoms with van der Waals surface area (Å²) in [6, 6.07) is 16.8. The largest absolute Gasteiger partial charge is 0.276 e. The summed E-state index contributed by atoms with van der Waals surface area (Å²) in [5, 5.41) is 9.96. The Morgan fingerprint density at radius 2 is 1.78 bits per heavy atom. The van der Waals surface area contributed by atoms with E-state index in [0.717, 1.165) is 28.7 Å². The summed E-state index contributed by atoms with van der Waals surface area (Å²) in [5.74, 6) is 0. The van der Waals surface area contributed by atoms with Crippen molar-refractivity contribution in [2.75, 3.05) is 0 Å². The van der Waals surface area contributed by atoms with Crippen molar-refractivity contribution >= 4 is 16.6 Å². The molecular formula is C20H19N3. The fourth-order valence-electron chi connectivity index (χ4n) is 3.23. The van der Waals surface area contributed by atoms with Gasteiger partial charge in [-0.15, -0.1) is 10.2 Å². The Morgan fingerprint density at radius 1 is 0.957 bits per heavy atom. The van der Waals surface area contributed by atoms with Crippen LogP contribution in [0, 0.1) is 6.92 Å². The molecule has 1 aliphatic heterocycles. The van der Waals surface area contributed by atoms with Gasteiger partial charge in [-0.1, -0.05) is 36.4 Å². The molecule has 0 bridgehead atoms. The van der Waals surface area contributed by atoms with Crippen LogP contribution in [0.3, 0.4) is 0 Å². The average Bonchev–Trinajstić information content (AvgIpc) is 2.52. The lowest BCUT2D eigenvalue weighted by molar-refractivity contribution is 0.513. The molecule has 1 aliphatic rings. The molecule has 114 valence electrons. The van der Waals surface area contributed by atoms with Crippen molar-refractivity contribution in [1.29, 1.82) is 0 Å².